The Morgan fingerprint density at radius 1 is 1.00 bits per heavy atom. The van der Waals surface area contributed by atoms with Gasteiger partial charge in [-0.1, -0.05) is 23.8 Å². The Hall–Kier alpha value is -2.30. The van der Waals surface area contributed by atoms with Gasteiger partial charge in [-0.3, -0.25) is 4.79 Å². The minimum Gasteiger partial charge on any atom is -0.398 e. The van der Waals surface area contributed by atoms with Crippen LogP contribution < -0.4 is 5.73 Å². The summed E-state index contributed by atoms with van der Waals surface area (Å²) >= 11 is 0. The fraction of sp³-hybridized carbons (Fsp3) is 0.188. The van der Waals surface area contributed by atoms with Crippen molar-refractivity contribution >= 4 is 11.5 Å². The number of halogens is 3. The molecule has 0 unspecified atom stereocenters. The molecule has 5 heteroatoms. The number of hydrogen-bond acceptors (Lipinski definition) is 2. The molecule has 0 heterocycles. The number of anilines is 1. The number of carbonyl (C=O) groups is 1. The van der Waals surface area contributed by atoms with E-state index in [0.717, 1.165) is 23.8 Å². The van der Waals surface area contributed by atoms with Crippen molar-refractivity contribution in [3.8, 4) is 0 Å². The second kappa shape index (κ2) is 5.24. The summed E-state index contributed by atoms with van der Waals surface area (Å²) in [5.74, 6) is -0.504. The number of hydrogen-bond donors (Lipinski definition) is 1. The van der Waals surface area contributed by atoms with Crippen molar-refractivity contribution < 1.29 is 18.0 Å². The van der Waals surface area contributed by atoms with Crippen LogP contribution in [0, 0.1) is 13.8 Å². The summed E-state index contributed by atoms with van der Waals surface area (Å²) in [5, 5.41) is 0. The van der Waals surface area contributed by atoms with Crippen LogP contribution in [0.4, 0.5) is 18.9 Å². The summed E-state index contributed by atoms with van der Waals surface area (Å²) in [7, 11) is 0. The number of carbonyl (C=O) groups excluding carboxylic acids is 1. The summed E-state index contributed by atoms with van der Waals surface area (Å²) < 4.78 is 38.2. The van der Waals surface area contributed by atoms with Crippen molar-refractivity contribution in [3.63, 3.8) is 0 Å². The van der Waals surface area contributed by atoms with E-state index in [0.29, 0.717) is 11.1 Å². The average molecular weight is 293 g/mol. The number of ketones is 1. The summed E-state index contributed by atoms with van der Waals surface area (Å²) in [4.78, 5) is 12.4. The second-order valence-electron chi connectivity index (χ2n) is 4.95. The molecule has 2 nitrogen and oxygen atoms in total. The number of rotatable bonds is 2. The molecule has 0 saturated heterocycles. The molecule has 0 aliphatic carbocycles. The molecule has 2 N–H and O–H groups in total. The van der Waals surface area contributed by atoms with Crippen LogP contribution in [0.15, 0.2) is 36.4 Å². The predicted octanol–water partition coefficient (Wildman–Crippen LogP) is 4.14. The molecule has 2 aromatic rings. The fourth-order valence-electron chi connectivity index (χ4n) is 2.14. The van der Waals surface area contributed by atoms with Crippen molar-refractivity contribution in [3.05, 3.63) is 64.2 Å². The van der Waals surface area contributed by atoms with E-state index in [1.54, 1.807) is 25.1 Å². The second-order valence-corrected chi connectivity index (χ2v) is 4.95. The highest BCUT2D eigenvalue weighted by Crippen LogP contribution is 2.32. The minimum atomic E-state index is -4.51. The monoisotopic (exact) mass is 293 g/mol. The molecule has 0 fully saturated rings. The van der Waals surface area contributed by atoms with Crippen molar-refractivity contribution in [2.45, 2.75) is 20.0 Å². The van der Waals surface area contributed by atoms with Gasteiger partial charge in [0.15, 0.2) is 5.78 Å². The zero-order chi connectivity index (χ0) is 15.8. The van der Waals surface area contributed by atoms with Gasteiger partial charge in [-0.05, 0) is 37.6 Å². The van der Waals surface area contributed by atoms with Crippen LogP contribution in [-0.4, -0.2) is 5.78 Å². The van der Waals surface area contributed by atoms with Crippen LogP contribution >= 0.6 is 0 Å². The highest BCUT2D eigenvalue weighted by molar-refractivity contribution is 6.13. The van der Waals surface area contributed by atoms with Gasteiger partial charge in [0.1, 0.15) is 0 Å². The fourth-order valence-corrected chi connectivity index (χ4v) is 2.14. The van der Waals surface area contributed by atoms with Gasteiger partial charge in [-0.2, -0.15) is 13.2 Å². The third-order valence-corrected chi connectivity index (χ3v) is 3.25. The van der Waals surface area contributed by atoms with Crippen LogP contribution in [0.5, 0.6) is 0 Å². The van der Waals surface area contributed by atoms with E-state index in [9.17, 15) is 18.0 Å². The van der Waals surface area contributed by atoms with Gasteiger partial charge in [-0.25, -0.2) is 0 Å². The maximum absolute atomic E-state index is 12.7. The van der Waals surface area contributed by atoms with Gasteiger partial charge >= 0.3 is 6.18 Å². The van der Waals surface area contributed by atoms with Crippen LogP contribution in [0.3, 0.4) is 0 Å². The van der Waals surface area contributed by atoms with Gasteiger partial charge in [-0.15, -0.1) is 0 Å². The predicted molar refractivity (Wildman–Crippen MR) is 75.2 cm³/mol. The van der Waals surface area contributed by atoms with E-state index in [4.69, 9.17) is 5.73 Å². The van der Waals surface area contributed by atoms with Crippen LogP contribution in [0.25, 0.3) is 0 Å². The van der Waals surface area contributed by atoms with Crippen LogP contribution in [0.1, 0.15) is 32.6 Å². The van der Waals surface area contributed by atoms with Crippen molar-refractivity contribution in [1.29, 1.82) is 0 Å². The molecule has 0 aromatic heterocycles. The summed E-state index contributed by atoms with van der Waals surface area (Å²) in [6, 6.07) is 7.93. The lowest BCUT2D eigenvalue weighted by Gasteiger charge is -2.12. The van der Waals surface area contributed by atoms with Gasteiger partial charge < -0.3 is 5.73 Å². The molecular formula is C16H14F3NO. The number of aryl methyl sites for hydroxylation is 2. The average Bonchev–Trinajstić information content (AvgIpc) is 2.37. The number of benzene rings is 2. The Morgan fingerprint density at radius 2 is 1.67 bits per heavy atom. The number of nitrogens with two attached hydrogens (primary N) is 1. The lowest BCUT2D eigenvalue weighted by Crippen LogP contribution is -2.11. The maximum atomic E-state index is 12.7. The van der Waals surface area contributed by atoms with E-state index < -0.39 is 17.5 Å². The van der Waals surface area contributed by atoms with Crippen molar-refractivity contribution in [2.75, 3.05) is 5.73 Å². The van der Waals surface area contributed by atoms with E-state index in [2.05, 4.69) is 0 Å². The van der Waals surface area contributed by atoms with E-state index in [1.807, 2.05) is 6.92 Å². The third kappa shape index (κ3) is 3.07. The summed E-state index contributed by atoms with van der Waals surface area (Å²) in [5.41, 5.74) is 6.72. The first-order chi connectivity index (χ1) is 9.70. The van der Waals surface area contributed by atoms with Crippen molar-refractivity contribution in [1.82, 2.24) is 0 Å². The molecule has 2 rings (SSSR count). The highest BCUT2D eigenvalue weighted by atomic mass is 19.4. The Labute approximate surface area is 120 Å². The molecule has 2 aromatic carbocycles. The maximum Gasteiger partial charge on any atom is 0.416 e. The molecule has 0 spiro atoms. The molecular weight excluding hydrogens is 279 g/mol. The zero-order valence-corrected chi connectivity index (χ0v) is 11.6. The van der Waals surface area contributed by atoms with Crippen molar-refractivity contribution in [2.24, 2.45) is 0 Å². The molecule has 0 saturated carbocycles. The SMILES string of the molecule is Cc1ccc(C(=O)c2cc(C(F)(F)F)ccc2N)c(C)c1. The van der Waals surface area contributed by atoms with E-state index in [1.165, 1.54) is 0 Å². The molecule has 0 amide bonds. The van der Waals surface area contributed by atoms with Crippen LogP contribution in [-0.2, 0) is 6.18 Å². The number of nitrogen functional groups attached to an aromatic ring is 1. The lowest BCUT2D eigenvalue weighted by atomic mass is 9.95. The van der Waals surface area contributed by atoms with E-state index in [-0.39, 0.29) is 11.3 Å². The van der Waals surface area contributed by atoms with Crippen LogP contribution in [0.2, 0.25) is 0 Å². The molecule has 0 radical (unpaired) electrons. The topological polar surface area (TPSA) is 43.1 Å². The van der Waals surface area contributed by atoms with E-state index >= 15 is 0 Å². The Morgan fingerprint density at radius 3 is 2.24 bits per heavy atom. The van der Waals surface area contributed by atoms with Gasteiger partial charge in [0, 0.05) is 16.8 Å². The largest absolute Gasteiger partial charge is 0.416 e. The first kappa shape index (κ1) is 15.1. The first-order valence-corrected chi connectivity index (χ1v) is 6.29. The molecule has 0 atom stereocenters. The highest BCUT2D eigenvalue weighted by Gasteiger charge is 2.31. The smallest absolute Gasteiger partial charge is 0.398 e. The molecule has 0 bridgehead atoms. The minimum absolute atomic E-state index is 0.0352. The first-order valence-electron chi connectivity index (χ1n) is 6.29. The Balaban J connectivity index is 2.53. The third-order valence-electron chi connectivity index (χ3n) is 3.25. The molecule has 110 valence electrons. The van der Waals surface area contributed by atoms with Gasteiger partial charge in [0.05, 0.1) is 5.56 Å². The Bertz CT molecular complexity index is 705. The molecule has 21 heavy (non-hydrogen) atoms. The standard InChI is InChI=1S/C16H14F3NO/c1-9-3-5-12(10(2)7-9)15(21)13-8-11(16(17,18)19)4-6-14(13)20/h3-8H,20H2,1-2H3. The van der Waals surface area contributed by atoms with Gasteiger partial charge in [0.2, 0.25) is 0 Å². The summed E-state index contributed by atoms with van der Waals surface area (Å²) in [6.45, 7) is 3.62. The molecule has 0 aliphatic rings. The molecule has 0 aliphatic heterocycles. The zero-order valence-electron chi connectivity index (χ0n) is 11.6. The lowest BCUT2D eigenvalue weighted by molar-refractivity contribution is -0.137. The normalized spacial score (nSPS) is 11.5. The quantitative estimate of drug-likeness (QED) is 0.668. The summed E-state index contributed by atoms with van der Waals surface area (Å²) in [6.07, 6.45) is -4.51. The number of alkyl halides is 3. The Kier molecular flexibility index (Phi) is 3.77. The van der Waals surface area contributed by atoms with Gasteiger partial charge in [0.25, 0.3) is 0 Å².